The van der Waals surface area contributed by atoms with Crippen molar-refractivity contribution in [1.82, 2.24) is 64.9 Å². The van der Waals surface area contributed by atoms with Gasteiger partial charge in [-0.3, -0.25) is 62.3 Å². The monoisotopic (exact) mass is 1500 g/mol. The topological polar surface area (TPSA) is 290 Å². The summed E-state index contributed by atoms with van der Waals surface area (Å²) >= 11 is 6.44. The molecule has 3 saturated heterocycles. The van der Waals surface area contributed by atoms with Crippen LogP contribution in [0.5, 0.6) is 0 Å². The smallest absolute Gasteiger partial charge is 0.347 e. The summed E-state index contributed by atoms with van der Waals surface area (Å²) in [6.07, 6.45) is 4.01. The van der Waals surface area contributed by atoms with E-state index in [1.165, 1.54) is 105 Å². The van der Waals surface area contributed by atoms with Gasteiger partial charge in [-0.05, 0) is 126 Å². The van der Waals surface area contributed by atoms with Crippen LogP contribution < -0.4 is 16.0 Å². The molecule has 13 atom stereocenters. The fourth-order valence-electron chi connectivity index (χ4n) is 17.1. The van der Waals surface area contributed by atoms with Crippen molar-refractivity contribution >= 4 is 88.4 Å². The number of carbonyl (C=O) groups excluding carboxylic acids is 13. The van der Waals surface area contributed by atoms with Gasteiger partial charge >= 0.3 is 6.18 Å². The average Bonchev–Trinajstić information content (AvgIpc) is 1.75. The molecule has 0 radical (unpaired) electrons. The van der Waals surface area contributed by atoms with E-state index in [0.29, 0.717) is 70.9 Å². The van der Waals surface area contributed by atoms with Gasteiger partial charge in [-0.25, -0.2) is 0 Å². The molecule has 4 aliphatic carbocycles. The highest BCUT2D eigenvalue weighted by atomic mass is 35.5. The van der Waals surface area contributed by atoms with Crippen molar-refractivity contribution in [2.24, 2.45) is 35.5 Å². The molecule has 3 aliphatic heterocycles. The van der Waals surface area contributed by atoms with Crippen LogP contribution in [0.1, 0.15) is 202 Å². The largest absolute Gasteiger partial charge is 0.393 e. The molecule has 7 fully saturated rings. The lowest BCUT2D eigenvalue weighted by Gasteiger charge is -2.45. The first kappa shape index (κ1) is 85.4. The van der Waals surface area contributed by atoms with Crippen molar-refractivity contribution in [3.8, 4) is 0 Å². The summed E-state index contributed by atoms with van der Waals surface area (Å²) in [4.78, 5) is 209. The van der Waals surface area contributed by atoms with E-state index in [9.17, 15) is 51.5 Å². The molecule has 105 heavy (non-hydrogen) atoms. The van der Waals surface area contributed by atoms with Crippen LogP contribution in [0.3, 0.4) is 0 Å². The maximum atomic E-state index is 15.8. The number of carbonyl (C=O) groups is 13. The van der Waals surface area contributed by atoms with Crippen molar-refractivity contribution in [2.45, 2.75) is 273 Å². The first-order chi connectivity index (χ1) is 49.3. The van der Waals surface area contributed by atoms with Gasteiger partial charge in [0.25, 0.3) is 0 Å². The molecule has 0 aromatic heterocycles. The minimum absolute atomic E-state index is 0.00266. The molecule has 0 bridgehead atoms. The van der Waals surface area contributed by atoms with E-state index in [-0.39, 0.29) is 82.6 Å². The Morgan fingerprint density at radius 2 is 1.23 bits per heavy atom. The number of amides is 13. The third-order valence-electron chi connectivity index (χ3n) is 24.4. The standard InChI is InChI=1S/C75H121ClF3N13O13/c1-15-46(4)62-71(103)85(9)47(5)66(98)92-38-33-54(92)70(102)88(12)57(41-48-25-17-16-18-26-48)69(101)84(8)44-59(93)80-53(32-30-49-29-31-51(52(76)40-49)75(77,78)79)67(99)87(11)56(42-61(95)91-36-23-24-37-91)65(97)82-74(34-21-22-35-74)73(105)90(14)63(50-27-19-20-28-50)72(104)89(13)58(68(100)83(6)7)43-60(94)86(10)55(39-45(2)3)64(96)81-62/h45-58,62-63H,15-44H2,1-14H3,(H,80,93)(H,81,96)(H,82,97)/t46-,47-,49?,51?,52?,53-,54-,55-,56-,57-,58-,62-,63-/m0/s1. The van der Waals surface area contributed by atoms with E-state index >= 15 is 24.0 Å². The number of halogens is 4. The summed E-state index contributed by atoms with van der Waals surface area (Å²) in [7, 11) is 12.8. The number of nitrogens with zero attached hydrogens (tertiary/aromatic N) is 10. The molecule has 26 nitrogen and oxygen atoms in total. The lowest BCUT2D eigenvalue weighted by atomic mass is 9.78. The summed E-state index contributed by atoms with van der Waals surface area (Å²) in [6.45, 7) is 9.05. The van der Waals surface area contributed by atoms with Gasteiger partial charge in [0.1, 0.15) is 59.9 Å². The molecule has 13 amide bonds. The molecule has 3 heterocycles. The molecule has 30 heteroatoms. The van der Waals surface area contributed by atoms with E-state index in [2.05, 4.69) is 16.0 Å². The Morgan fingerprint density at radius 1 is 0.619 bits per heavy atom. The molecule has 7 aliphatic rings. The summed E-state index contributed by atoms with van der Waals surface area (Å²) in [5, 5.41) is 7.45. The quantitative estimate of drug-likeness (QED) is 0.191. The maximum Gasteiger partial charge on any atom is 0.393 e. The fraction of sp³-hybridized carbons (Fsp3) is 0.827. The molecule has 4 saturated carbocycles. The maximum absolute atomic E-state index is 15.8. The van der Waals surface area contributed by atoms with E-state index in [4.69, 9.17) is 11.6 Å². The van der Waals surface area contributed by atoms with Gasteiger partial charge < -0.3 is 64.9 Å². The second-order valence-electron chi connectivity index (χ2n) is 32.3. The second kappa shape index (κ2) is 37.3. The van der Waals surface area contributed by atoms with Crippen LogP contribution in [-0.4, -0.2) is 287 Å². The molecule has 7 rings (SSSR count). The molecule has 1 spiro atoms. The third kappa shape index (κ3) is 20.7. The van der Waals surface area contributed by atoms with Gasteiger partial charge in [0, 0.05) is 88.4 Å². The highest BCUT2D eigenvalue weighted by Crippen LogP contribution is 2.44. The molecular weight excluding hydrogens is 1380 g/mol. The van der Waals surface area contributed by atoms with Crippen LogP contribution in [0.4, 0.5) is 13.2 Å². The van der Waals surface area contributed by atoms with Gasteiger partial charge in [-0.1, -0.05) is 91.9 Å². The van der Waals surface area contributed by atoms with Crippen LogP contribution in [0.2, 0.25) is 0 Å². The minimum Gasteiger partial charge on any atom is -0.347 e. The Kier molecular flexibility index (Phi) is 30.4. The lowest BCUT2D eigenvalue weighted by molar-refractivity contribution is -0.182. The van der Waals surface area contributed by atoms with E-state index in [1.807, 2.05) is 20.8 Å². The molecule has 592 valence electrons. The van der Waals surface area contributed by atoms with Gasteiger partial charge in [0.05, 0.1) is 25.3 Å². The SMILES string of the molecule is CC[C@H](C)[C@@H]1NC(=O)[C@H](CC(C)C)N(C)C(=O)C[C@@H](C(=O)N(C)C)N(C)C(=O)[C@H](C2CCCC2)N(C)C(=O)C2(CCCC2)NC(=O)[C@H](CC(=O)N2CCCC2)N(C)C(=O)[C@H](CCC2CCC(C(F)(F)F)C(Cl)C2)NC(=O)CN(C)C(=O)[C@H](CC2CCCCC2)N(C)C(=O)[C@@H]2CCN2C(=O)[C@H](C)N(C)C1=O. The molecule has 3 unspecified atom stereocenters. The third-order valence-corrected chi connectivity index (χ3v) is 24.8. The van der Waals surface area contributed by atoms with Crippen LogP contribution in [0.25, 0.3) is 0 Å². The van der Waals surface area contributed by atoms with Crippen molar-refractivity contribution in [3.63, 3.8) is 0 Å². The van der Waals surface area contributed by atoms with Crippen LogP contribution in [0, 0.1) is 35.5 Å². The van der Waals surface area contributed by atoms with Gasteiger partial charge in [0.15, 0.2) is 0 Å². The number of hydrogen-bond acceptors (Lipinski definition) is 13. The molecule has 0 aromatic carbocycles. The van der Waals surface area contributed by atoms with Crippen molar-refractivity contribution < 1.29 is 75.5 Å². The van der Waals surface area contributed by atoms with Crippen molar-refractivity contribution in [2.75, 3.05) is 89.6 Å². The van der Waals surface area contributed by atoms with E-state index < -0.39 is 191 Å². The predicted molar refractivity (Wildman–Crippen MR) is 388 cm³/mol. The van der Waals surface area contributed by atoms with Crippen molar-refractivity contribution in [1.29, 1.82) is 0 Å². The number of nitrogens with one attached hydrogen (secondary N) is 3. The fourth-order valence-corrected chi connectivity index (χ4v) is 17.6. The number of likely N-dealkylation sites (N-methyl/N-ethyl adjacent to an activating group) is 8. The Balaban J connectivity index is 1.32. The zero-order valence-electron chi connectivity index (χ0n) is 64.7. The Labute approximate surface area is 624 Å². The zero-order chi connectivity index (χ0) is 77.9. The van der Waals surface area contributed by atoms with E-state index in [0.717, 1.165) is 41.9 Å². The second-order valence-corrected chi connectivity index (χ2v) is 32.8. The van der Waals surface area contributed by atoms with Gasteiger partial charge in [-0.15, -0.1) is 11.6 Å². The van der Waals surface area contributed by atoms with E-state index in [1.54, 1.807) is 11.8 Å². The predicted octanol–water partition coefficient (Wildman–Crippen LogP) is 5.55. The average molecular weight is 1510 g/mol. The number of alkyl halides is 4. The van der Waals surface area contributed by atoms with Crippen LogP contribution >= 0.6 is 11.6 Å². The zero-order valence-corrected chi connectivity index (χ0v) is 65.5. The number of fused-ring (bicyclic) bond motifs is 1. The number of likely N-dealkylation sites (tertiary alicyclic amines) is 1. The lowest BCUT2D eigenvalue weighted by Crippen LogP contribution is -2.65. The van der Waals surface area contributed by atoms with Crippen LogP contribution in [-0.2, 0) is 62.3 Å². The Morgan fingerprint density at radius 3 is 1.79 bits per heavy atom. The summed E-state index contributed by atoms with van der Waals surface area (Å²) in [5.74, 6) is -12.1. The summed E-state index contributed by atoms with van der Waals surface area (Å²) < 4.78 is 42.4. The highest BCUT2D eigenvalue weighted by Gasteiger charge is 2.53. The summed E-state index contributed by atoms with van der Waals surface area (Å²) in [5.41, 5.74) is -1.71. The van der Waals surface area contributed by atoms with Gasteiger partial charge in [-0.2, -0.15) is 13.2 Å². The Bertz CT molecular complexity index is 3120. The van der Waals surface area contributed by atoms with Crippen molar-refractivity contribution in [3.05, 3.63) is 0 Å². The minimum atomic E-state index is -4.55. The first-order valence-corrected chi connectivity index (χ1v) is 39.1. The summed E-state index contributed by atoms with van der Waals surface area (Å²) in [6, 6.07) is -11.7. The highest BCUT2D eigenvalue weighted by molar-refractivity contribution is 6.21. The normalized spacial score (nSPS) is 30.3. The van der Waals surface area contributed by atoms with Crippen LogP contribution in [0.15, 0.2) is 0 Å². The molecule has 0 aromatic rings. The number of rotatable bonds is 13. The molecule has 3 N–H and O–H groups in total. The molecular formula is C75H121ClF3N13O13. The number of hydrogen-bond donors (Lipinski definition) is 3. The Hall–Kier alpha value is -6.81. The van der Waals surface area contributed by atoms with Gasteiger partial charge in [0.2, 0.25) is 76.8 Å². The first-order valence-electron chi connectivity index (χ1n) is 38.6.